The summed E-state index contributed by atoms with van der Waals surface area (Å²) in [4.78, 5) is 12.2. The fourth-order valence-corrected chi connectivity index (χ4v) is 2.87. The van der Waals surface area contributed by atoms with Crippen LogP contribution in [0, 0.1) is 5.92 Å². The lowest BCUT2D eigenvalue weighted by Crippen LogP contribution is -2.40. The molecule has 2 atom stereocenters. The van der Waals surface area contributed by atoms with Crippen molar-refractivity contribution in [1.82, 2.24) is 0 Å². The summed E-state index contributed by atoms with van der Waals surface area (Å²) in [6.07, 6.45) is 4.01. The maximum atomic E-state index is 12.2. The van der Waals surface area contributed by atoms with E-state index in [1.165, 1.54) is 0 Å². The van der Waals surface area contributed by atoms with E-state index < -0.39 is 0 Å². The summed E-state index contributed by atoms with van der Waals surface area (Å²) < 4.78 is 6.07. The largest absolute Gasteiger partial charge is 0.495 e. The Morgan fingerprint density at radius 2 is 2.16 bits per heavy atom. The first-order chi connectivity index (χ1) is 9.11. The van der Waals surface area contributed by atoms with Crippen LogP contribution < -0.4 is 15.8 Å². The predicted molar refractivity (Wildman–Crippen MR) is 79.3 cm³/mol. The van der Waals surface area contributed by atoms with Crippen LogP contribution in [0.25, 0.3) is 0 Å². The number of rotatable bonds is 3. The molecule has 104 valence electrons. The standard InChI is InChI=1S/C14H19BrN2O2/c1-19-13-8-9(6-7-11(13)15)17-14(18)10-4-2-3-5-12(10)16/h6-8,10,12H,2-5,16H2,1H3,(H,17,18). The fraction of sp³-hybridized carbons (Fsp3) is 0.500. The molecule has 5 heteroatoms. The molecule has 19 heavy (non-hydrogen) atoms. The number of anilines is 1. The van der Waals surface area contributed by atoms with E-state index in [2.05, 4.69) is 21.2 Å². The number of hydrogen-bond acceptors (Lipinski definition) is 3. The van der Waals surface area contributed by atoms with E-state index in [-0.39, 0.29) is 17.9 Å². The zero-order valence-corrected chi connectivity index (χ0v) is 12.6. The average Bonchev–Trinajstić information content (AvgIpc) is 2.41. The van der Waals surface area contributed by atoms with Gasteiger partial charge >= 0.3 is 0 Å². The number of nitrogens with two attached hydrogens (primary N) is 1. The van der Waals surface area contributed by atoms with E-state index in [0.29, 0.717) is 5.75 Å². The van der Waals surface area contributed by atoms with E-state index in [1.807, 2.05) is 12.1 Å². The van der Waals surface area contributed by atoms with E-state index in [9.17, 15) is 4.79 Å². The number of hydrogen-bond donors (Lipinski definition) is 2. The van der Waals surface area contributed by atoms with Gasteiger partial charge in [-0.15, -0.1) is 0 Å². The Hall–Kier alpha value is -1.07. The molecule has 0 heterocycles. The van der Waals surface area contributed by atoms with Crippen molar-refractivity contribution in [3.8, 4) is 5.75 Å². The third-order valence-corrected chi connectivity index (χ3v) is 4.23. The van der Waals surface area contributed by atoms with Crippen LogP contribution >= 0.6 is 15.9 Å². The van der Waals surface area contributed by atoms with E-state index >= 15 is 0 Å². The maximum absolute atomic E-state index is 12.2. The summed E-state index contributed by atoms with van der Waals surface area (Å²) in [6, 6.07) is 5.48. The van der Waals surface area contributed by atoms with Crippen molar-refractivity contribution in [3.05, 3.63) is 22.7 Å². The molecule has 1 saturated carbocycles. The number of carbonyl (C=O) groups excluding carboxylic acids is 1. The van der Waals surface area contributed by atoms with E-state index in [4.69, 9.17) is 10.5 Å². The van der Waals surface area contributed by atoms with Gasteiger partial charge in [0, 0.05) is 17.8 Å². The first-order valence-corrected chi connectivity index (χ1v) is 7.31. The first-order valence-electron chi connectivity index (χ1n) is 6.52. The number of benzene rings is 1. The summed E-state index contributed by atoms with van der Waals surface area (Å²) in [5.41, 5.74) is 6.76. The van der Waals surface area contributed by atoms with Crippen molar-refractivity contribution in [2.24, 2.45) is 11.7 Å². The molecule has 0 aliphatic heterocycles. The number of carbonyl (C=O) groups is 1. The quantitative estimate of drug-likeness (QED) is 0.897. The number of nitrogens with one attached hydrogen (secondary N) is 1. The van der Waals surface area contributed by atoms with Crippen LogP contribution in [0.15, 0.2) is 22.7 Å². The Morgan fingerprint density at radius 1 is 1.42 bits per heavy atom. The Labute approximate surface area is 121 Å². The zero-order valence-electron chi connectivity index (χ0n) is 11.0. The van der Waals surface area contributed by atoms with Gasteiger partial charge in [-0.3, -0.25) is 4.79 Å². The van der Waals surface area contributed by atoms with Gasteiger partial charge in [0.2, 0.25) is 5.91 Å². The number of ether oxygens (including phenoxy) is 1. The molecule has 1 aliphatic rings. The van der Waals surface area contributed by atoms with Crippen LogP contribution in [0.2, 0.25) is 0 Å². The minimum Gasteiger partial charge on any atom is -0.495 e. The smallest absolute Gasteiger partial charge is 0.229 e. The van der Waals surface area contributed by atoms with Gasteiger partial charge in [-0.2, -0.15) is 0 Å². The number of methoxy groups -OCH3 is 1. The van der Waals surface area contributed by atoms with Crippen LogP contribution in [-0.2, 0) is 4.79 Å². The normalized spacial score (nSPS) is 22.9. The number of amides is 1. The highest BCUT2D eigenvalue weighted by Crippen LogP contribution is 2.29. The second kappa shape index (κ2) is 6.39. The van der Waals surface area contributed by atoms with Gasteiger partial charge in [-0.1, -0.05) is 12.8 Å². The third-order valence-electron chi connectivity index (χ3n) is 3.57. The summed E-state index contributed by atoms with van der Waals surface area (Å²) in [5, 5.41) is 2.92. The molecular weight excluding hydrogens is 308 g/mol. The zero-order chi connectivity index (χ0) is 13.8. The molecular formula is C14H19BrN2O2. The second-order valence-electron chi connectivity index (χ2n) is 4.89. The monoisotopic (exact) mass is 326 g/mol. The van der Waals surface area contributed by atoms with Crippen molar-refractivity contribution in [3.63, 3.8) is 0 Å². The first kappa shape index (κ1) is 14.3. The Kier molecular flexibility index (Phi) is 4.82. The minimum atomic E-state index is -0.0802. The Morgan fingerprint density at radius 3 is 2.84 bits per heavy atom. The van der Waals surface area contributed by atoms with Crippen LogP contribution in [0.3, 0.4) is 0 Å². The van der Waals surface area contributed by atoms with Crippen molar-refractivity contribution >= 4 is 27.5 Å². The predicted octanol–water partition coefficient (Wildman–Crippen LogP) is 2.91. The highest BCUT2D eigenvalue weighted by atomic mass is 79.9. The lowest BCUT2D eigenvalue weighted by molar-refractivity contribution is -0.121. The Bertz CT molecular complexity index is 465. The van der Waals surface area contributed by atoms with Gasteiger partial charge in [-0.05, 0) is 40.9 Å². The van der Waals surface area contributed by atoms with E-state index in [0.717, 1.165) is 35.8 Å². The third kappa shape index (κ3) is 3.48. The molecule has 4 nitrogen and oxygen atoms in total. The van der Waals surface area contributed by atoms with Gasteiger partial charge in [0.1, 0.15) is 5.75 Å². The number of halogens is 1. The maximum Gasteiger partial charge on any atom is 0.229 e. The molecule has 1 aromatic rings. The van der Waals surface area contributed by atoms with Gasteiger partial charge in [0.15, 0.2) is 0 Å². The molecule has 0 aromatic heterocycles. The Balaban J connectivity index is 2.05. The molecule has 2 unspecified atom stereocenters. The van der Waals surface area contributed by atoms with Crippen LogP contribution in [0.5, 0.6) is 5.75 Å². The van der Waals surface area contributed by atoms with Crippen molar-refractivity contribution in [1.29, 1.82) is 0 Å². The van der Waals surface area contributed by atoms with E-state index in [1.54, 1.807) is 13.2 Å². The summed E-state index contributed by atoms with van der Waals surface area (Å²) >= 11 is 3.39. The van der Waals surface area contributed by atoms with Crippen molar-refractivity contribution < 1.29 is 9.53 Å². The lowest BCUT2D eigenvalue weighted by Gasteiger charge is -2.27. The van der Waals surface area contributed by atoms with Crippen molar-refractivity contribution in [2.75, 3.05) is 12.4 Å². The molecule has 1 aromatic carbocycles. The average molecular weight is 327 g/mol. The van der Waals surface area contributed by atoms with Gasteiger partial charge in [0.05, 0.1) is 17.5 Å². The molecule has 0 saturated heterocycles. The van der Waals surface area contributed by atoms with Crippen LogP contribution in [-0.4, -0.2) is 19.1 Å². The molecule has 3 N–H and O–H groups in total. The minimum absolute atomic E-state index is 0.0107. The molecule has 0 bridgehead atoms. The SMILES string of the molecule is COc1cc(NC(=O)C2CCCCC2N)ccc1Br. The van der Waals surface area contributed by atoms with Gasteiger partial charge < -0.3 is 15.8 Å². The molecule has 2 rings (SSSR count). The fourth-order valence-electron chi connectivity index (χ4n) is 2.46. The summed E-state index contributed by atoms with van der Waals surface area (Å²) in [6.45, 7) is 0. The highest BCUT2D eigenvalue weighted by Gasteiger charge is 2.28. The van der Waals surface area contributed by atoms with Crippen LogP contribution in [0.1, 0.15) is 25.7 Å². The second-order valence-corrected chi connectivity index (χ2v) is 5.75. The summed E-state index contributed by atoms with van der Waals surface area (Å²) in [7, 11) is 1.60. The van der Waals surface area contributed by atoms with Crippen LogP contribution in [0.4, 0.5) is 5.69 Å². The van der Waals surface area contributed by atoms with Gasteiger partial charge in [0.25, 0.3) is 0 Å². The van der Waals surface area contributed by atoms with Crippen molar-refractivity contribution in [2.45, 2.75) is 31.7 Å². The summed E-state index contributed by atoms with van der Waals surface area (Å²) in [5.74, 6) is 0.630. The molecule has 1 aliphatic carbocycles. The molecule has 1 amide bonds. The van der Waals surface area contributed by atoms with Gasteiger partial charge in [-0.25, -0.2) is 0 Å². The molecule has 0 radical (unpaired) electrons. The highest BCUT2D eigenvalue weighted by molar-refractivity contribution is 9.10. The topological polar surface area (TPSA) is 64.3 Å². The molecule has 0 spiro atoms. The lowest BCUT2D eigenvalue weighted by atomic mass is 9.84. The molecule has 1 fully saturated rings.